The number of carboxylic acid groups (broad SMARTS) is 1. The number of fused-ring (bicyclic) bond motifs is 1. The quantitative estimate of drug-likeness (QED) is 0.878. The molecule has 1 atom stereocenters. The summed E-state index contributed by atoms with van der Waals surface area (Å²) < 4.78 is 11.0. The first-order chi connectivity index (χ1) is 11.7. The summed E-state index contributed by atoms with van der Waals surface area (Å²) in [6.45, 7) is 0.801. The second-order valence-corrected chi connectivity index (χ2v) is 5.34. The fraction of sp³-hybridized carbons (Fsp3) is 0.222. The van der Waals surface area contributed by atoms with Gasteiger partial charge in [-0.15, -0.1) is 0 Å². The van der Waals surface area contributed by atoms with Gasteiger partial charge in [0.2, 0.25) is 0 Å². The van der Waals surface area contributed by atoms with Gasteiger partial charge >= 0.3 is 5.97 Å². The molecule has 1 heterocycles. The van der Waals surface area contributed by atoms with Crippen LogP contribution >= 0.6 is 0 Å². The molecule has 24 heavy (non-hydrogen) atoms. The van der Waals surface area contributed by atoms with Crippen molar-refractivity contribution in [3.05, 3.63) is 59.7 Å². The highest BCUT2D eigenvalue weighted by Gasteiger charge is 2.23. The van der Waals surface area contributed by atoms with Gasteiger partial charge in [0.25, 0.3) is 5.91 Å². The monoisotopic (exact) mass is 327 g/mol. The molecule has 1 aliphatic heterocycles. The van der Waals surface area contributed by atoms with Crippen molar-refractivity contribution in [2.75, 3.05) is 19.8 Å². The normalized spacial score (nSPS) is 13.8. The van der Waals surface area contributed by atoms with E-state index in [1.165, 1.54) is 0 Å². The molecule has 2 aromatic carbocycles. The van der Waals surface area contributed by atoms with Crippen LogP contribution in [0.25, 0.3) is 0 Å². The summed E-state index contributed by atoms with van der Waals surface area (Å²) >= 11 is 0. The van der Waals surface area contributed by atoms with Gasteiger partial charge in [-0.05, 0) is 17.7 Å². The molecule has 3 rings (SSSR count). The first-order valence-electron chi connectivity index (χ1n) is 7.61. The van der Waals surface area contributed by atoms with Gasteiger partial charge in [-0.1, -0.05) is 36.4 Å². The predicted molar refractivity (Wildman–Crippen MR) is 86.6 cm³/mol. The summed E-state index contributed by atoms with van der Waals surface area (Å²) in [5, 5.41) is 12.1. The molecule has 2 aromatic rings. The Kier molecular flexibility index (Phi) is 4.65. The lowest BCUT2D eigenvalue weighted by Crippen LogP contribution is -2.32. The third kappa shape index (κ3) is 3.32. The van der Waals surface area contributed by atoms with Gasteiger partial charge in [0, 0.05) is 6.54 Å². The molecule has 6 nitrogen and oxygen atoms in total. The third-order valence-corrected chi connectivity index (χ3v) is 3.78. The second kappa shape index (κ2) is 7.04. The highest BCUT2D eigenvalue weighted by atomic mass is 16.6. The number of aliphatic carboxylic acids is 1. The van der Waals surface area contributed by atoms with E-state index in [0.29, 0.717) is 35.8 Å². The van der Waals surface area contributed by atoms with Crippen molar-refractivity contribution < 1.29 is 24.2 Å². The zero-order valence-corrected chi connectivity index (χ0v) is 12.9. The standard InChI is InChI=1S/C18H17NO5/c20-17(13-7-4-8-15-16(13)24-10-9-23-15)19-11-14(18(21)22)12-5-2-1-3-6-12/h1-8,14H,9-11H2,(H,19,20)(H,21,22)/t14-/m0/s1. The highest BCUT2D eigenvalue weighted by Crippen LogP contribution is 2.33. The van der Waals surface area contributed by atoms with Gasteiger partial charge in [0.1, 0.15) is 13.2 Å². The van der Waals surface area contributed by atoms with Crippen LogP contribution in [0.5, 0.6) is 11.5 Å². The molecule has 0 saturated heterocycles. The van der Waals surface area contributed by atoms with Crippen LogP contribution in [-0.4, -0.2) is 36.7 Å². The van der Waals surface area contributed by atoms with Crippen LogP contribution in [0, 0.1) is 0 Å². The van der Waals surface area contributed by atoms with E-state index in [1.807, 2.05) is 6.07 Å². The predicted octanol–water partition coefficient (Wildman–Crippen LogP) is 2.06. The van der Waals surface area contributed by atoms with E-state index < -0.39 is 11.9 Å². The molecule has 1 amide bonds. The first kappa shape index (κ1) is 15.9. The number of nitrogens with one attached hydrogen (secondary N) is 1. The summed E-state index contributed by atoms with van der Waals surface area (Å²) in [5.41, 5.74) is 0.976. The van der Waals surface area contributed by atoms with Crippen molar-refractivity contribution in [3.63, 3.8) is 0 Å². The number of hydrogen-bond acceptors (Lipinski definition) is 4. The Labute approximate surface area is 139 Å². The Morgan fingerprint density at radius 2 is 1.79 bits per heavy atom. The zero-order valence-electron chi connectivity index (χ0n) is 12.9. The maximum Gasteiger partial charge on any atom is 0.312 e. The number of ether oxygens (including phenoxy) is 2. The van der Waals surface area contributed by atoms with Crippen molar-refractivity contribution >= 4 is 11.9 Å². The number of benzene rings is 2. The molecule has 6 heteroatoms. The Morgan fingerprint density at radius 3 is 2.54 bits per heavy atom. The molecule has 124 valence electrons. The van der Waals surface area contributed by atoms with E-state index in [9.17, 15) is 14.7 Å². The van der Waals surface area contributed by atoms with Gasteiger partial charge in [0.05, 0.1) is 11.5 Å². The van der Waals surface area contributed by atoms with Crippen LogP contribution < -0.4 is 14.8 Å². The van der Waals surface area contributed by atoms with Gasteiger partial charge in [-0.3, -0.25) is 9.59 Å². The summed E-state index contributed by atoms with van der Waals surface area (Å²) in [6.07, 6.45) is 0. The lowest BCUT2D eigenvalue weighted by Gasteiger charge is -2.21. The fourth-order valence-electron chi connectivity index (χ4n) is 2.58. The Hall–Kier alpha value is -3.02. The SMILES string of the molecule is O=C(NC[C@H](C(=O)O)c1ccccc1)c1cccc2c1OCCO2. The average Bonchev–Trinajstić information content (AvgIpc) is 2.62. The van der Waals surface area contributed by atoms with Crippen molar-refractivity contribution in [1.29, 1.82) is 0 Å². The number of hydrogen-bond donors (Lipinski definition) is 2. The topological polar surface area (TPSA) is 84.9 Å². The molecular formula is C18H17NO5. The molecule has 0 spiro atoms. The minimum atomic E-state index is -0.990. The minimum absolute atomic E-state index is 0.0112. The van der Waals surface area contributed by atoms with Crippen LogP contribution in [0.2, 0.25) is 0 Å². The molecule has 0 fully saturated rings. The van der Waals surface area contributed by atoms with Crippen molar-refractivity contribution in [3.8, 4) is 11.5 Å². The number of para-hydroxylation sites is 1. The largest absolute Gasteiger partial charge is 0.486 e. The molecule has 2 N–H and O–H groups in total. The van der Waals surface area contributed by atoms with Gasteiger partial charge < -0.3 is 19.9 Å². The van der Waals surface area contributed by atoms with Gasteiger partial charge in [-0.2, -0.15) is 0 Å². The smallest absolute Gasteiger partial charge is 0.312 e. The summed E-state index contributed by atoms with van der Waals surface area (Å²) in [5.74, 6) is -1.28. The second-order valence-electron chi connectivity index (χ2n) is 5.34. The molecule has 0 aliphatic carbocycles. The van der Waals surface area contributed by atoms with Crippen molar-refractivity contribution in [2.45, 2.75) is 5.92 Å². The fourth-order valence-corrected chi connectivity index (χ4v) is 2.58. The van der Waals surface area contributed by atoms with E-state index in [2.05, 4.69) is 5.32 Å². The molecular weight excluding hydrogens is 310 g/mol. The van der Waals surface area contributed by atoms with Gasteiger partial charge in [-0.25, -0.2) is 0 Å². The number of carbonyl (C=O) groups excluding carboxylic acids is 1. The van der Waals surface area contributed by atoms with E-state index >= 15 is 0 Å². The summed E-state index contributed by atoms with van der Waals surface area (Å²) in [4.78, 5) is 23.9. The first-order valence-corrected chi connectivity index (χ1v) is 7.61. The summed E-state index contributed by atoms with van der Waals surface area (Å²) in [7, 11) is 0. The Morgan fingerprint density at radius 1 is 1.04 bits per heavy atom. The number of carbonyl (C=O) groups is 2. The minimum Gasteiger partial charge on any atom is -0.486 e. The van der Waals surface area contributed by atoms with Crippen molar-refractivity contribution in [1.82, 2.24) is 5.32 Å². The number of amides is 1. The molecule has 0 saturated carbocycles. The van der Waals surface area contributed by atoms with E-state index in [4.69, 9.17) is 9.47 Å². The van der Waals surface area contributed by atoms with Crippen molar-refractivity contribution in [2.24, 2.45) is 0 Å². The Bertz CT molecular complexity index is 744. The number of carboxylic acids is 1. The molecule has 0 aromatic heterocycles. The van der Waals surface area contributed by atoms with E-state index in [-0.39, 0.29) is 12.5 Å². The average molecular weight is 327 g/mol. The molecule has 0 bridgehead atoms. The third-order valence-electron chi connectivity index (χ3n) is 3.78. The van der Waals surface area contributed by atoms with E-state index in [0.717, 1.165) is 0 Å². The molecule has 0 radical (unpaired) electrons. The number of rotatable bonds is 5. The molecule has 0 unspecified atom stereocenters. The summed E-state index contributed by atoms with van der Waals surface area (Å²) in [6, 6.07) is 13.9. The molecule has 1 aliphatic rings. The van der Waals surface area contributed by atoms with Crippen LogP contribution in [0.1, 0.15) is 21.8 Å². The van der Waals surface area contributed by atoms with Crippen LogP contribution in [0.15, 0.2) is 48.5 Å². The van der Waals surface area contributed by atoms with Crippen LogP contribution in [-0.2, 0) is 4.79 Å². The van der Waals surface area contributed by atoms with Gasteiger partial charge in [0.15, 0.2) is 11.5 Å². The zero-order chi connectivity index (χ0) is 16.9. The lowest BCUT2D eigenvalue weighted by molar-refractivity contribution is -0.138. The highest BCUT2D eigenvalue weighted by molar-refractivity contribution is 5.98. The van der Waals surface area contributed by atoms with E-state index in [1.54, 1.807) is 42.5 Å². The van der Waals surface area contributed by atoms with Crippen LogP contribution in [0.4, 0.5) is 0 Å². The van der Waals surface area contributed by atoms with Crippen LogP contribution in [0.3, 0.4) is 0 Å². The lowest BCUT2D eigenvalue weighted by atomic mass is 9.99. The maximum atomic E-state index is 12.4. The Balaban J connectivity index is 1.74. The maximum absolute atomic E-state index is 12.4.